The van der Waals surface area contributed by atoms with Crippen LogP contribution in [0, 0.1) is 5.92 Å². The van der Waals surface area contributed by atoms with E-state index in [0.717, 1.165) is 12.3 Å². The fraction of sp³-hybridized carbons (Fsp3) is 0.333. The van der Waals surface area contributed by atoms with Crippen molar-refractivity contribution in [3.05, 3.63) is 54.6 Å². The van der Waals surface area contributed by atoms with E-state index in [9.17, 15) is 0 Å². The smallest absolute Gasteiger partial charge is 0.0230 e. The molecule has 0 bridgehead atoms. The SMILES string of the molecule is C=C(CC1CC=CCC1)c1ccccc1. The van der Waals surface area contributed by atoms with Gasteiger partial charge in [-0.2, -0.15) is 0 Å². The standard InChI is InChI=1S/C15H18/c1-13(15-10-6-3-7-11-15)12-14-8-4-2-5-9-14/h2-4,6-7,10-11,14H,1,5,8-9,12H2. The summed E-state index contributed by atoms with van der Waals surface area (Å²) in [4.78, 5) is 0. The Morgan fingerprint density at radius 1 is 1.20 bits per heavy atom. The summed E-state index contributed by atoms with van der Waals surface area (Å²) >= 11 is 0. The first-order valence-corrected chi connectivity index (χ1v) is 5.74. The maximum atomic E-state index is 4.19. The fourth-order valence-electron chi connectivity index (χ4n) is 2.18. The van der Waals surface area contributed by atoms with Gasteiger partial charge in [-0.25, -0.2) is 0 Å². The summed E-state index contributed by atoms with van der Waals surface area (Å²) < 4.78 is 0. The Hall–Kier alpha value is -1.30. The topological polar surface area (TPSA) is 0 Å². The molecule has 0 aromatic heterocycles. The van der Waals surface area contributed by atoms with E-state index in [1.807, 2.05) is 0 Å². The average molecular weight is 198 g/mol. The van der Waals surface area contributed by atoms with Crippen LogP contribution in [0.5, 0.6) is 0 Å². The molecule has 78 valence electrons. The molecule has 2 rings (SSSR count). The number of allylic oxidation sites excluding steroid dienone is 3. The number of rotatable bonds is 3. The van der Waals surface area contributed by atoms with Crippen LogP contribution in [0.15, 0.2) is 49.1 Å². The Kier molecular flexibility index (Phi) is 3.39. The molecule has 0 spiro atoms. The van der Waals surface area contributed by atoms with Gasteiger partial charge in [-0.05, 0) is 42.7 Å². The maximum absolute atomic E-state index is 4.19. The molecule has 1 unspecified atom stereocenters. The third-order valence-corrected chi connectivity index (χ3v) is 3.09. The minimum Gasteiger partial charge on any atom is -0.0952 e. The highest BCUT2D eigenvalue weighted by Gasteiger charge is 2.11. The predicted octanol–water partition coefficient (Wildman–Crippen LogP) is 4.45. The van der Waals surface area contributed by atoms with E-state index in [-0.39, 0.29) is 0 Å². The van der Waals surface area contributed by atoms with Crippen molar-refractivity contribution in [1.29, 1.82) is 0 Å². The second kappa shape index (κ2) is 4.97. The fourth-order valence-corrected chi connectivity index (χ4v) is 2.18. The molecule has 0 heteroatoms. The zero-order valence-corrected chi connectivity index (χ0v) is 9.15. The van der Waals surface area contributed by atoms with Crippen LogP contribution in [0.25, 0.3) is 5.57 Å². The molecule has 0 saturated carbocycles. The Bertz CT molecular complexity index is 346. The van der Waals surface area contributed by atoms with Gasteiger partial charge in [0.2, 0.25) is 0 Å². The molecule has 0 aliphatic heterocycles. The zero-order chi connectivity index (χ0) is 10.5. The van der Waals surface area contributed by atoms with Crippen LogP contribution in [0.3, 0.4) is 0 Å². The minimum atomic E-state index is 0.808. The van der Waals surface area contributed by atoms with Crippen LogP contribution in [-0.2, 0) is 0 Å². The van der Waals surface area contributed by atoms with E-state index in [4.69, 9.17) is 0 Å². The summed E-state index contributed by atoms with van der Waals surface area (Å²) in [7, 11) is 0. The first kappa shape index (κ1) is 10.2. The quantitative estimate of drug-likeness (QED) is 0.630. The lowest BCUT2D eigenvalue weighted by Gasteiger charge is -2.18. The van der Waals surface area contributed by atoms with Crippen molar-refractivity contribution in [2.24, 2.45) is 5.92 Å². The summed E-state index contributed by atoms with van der Waals surface area (Å²) in [6.07, 6.45) is 9.55. The molecule has 15 heavy (non-hydrogen) atoms. The van der Waals surface area contributed by atoms with E-state index in [0.29, 0.717) is 0 Å². The highest BCUT2D eigenvalue weighted by Crippen LogP contribution is 2.28. The molecule has 0 amide bonds. The van der Waals surface area contributed by atoms with Gasteiger partial charge in [0, 0.05) is 0 Å². The molecule has 0 radical (unpaired) electrons. The third kappa shape index (κ3) is 2.82. The van der Waals surface area contributed by atoms with Gasteiger partial charge >= 0.3 is 0 Å². The van der Waals surface area contributed by atoms with Crippen molar-refractivity contribution >= 4 is 5.57 Å². The highest BCUT2D eigenvalue weighted by atomic mass is 14.2. The summed E-state index contributed by atoms with van der Waals surface area (Å²) in [5, 5.41) is 0. The van der Waals surface area contributed by atoms with Gasteiger partial charge in [0.15, 0.2) is 0 Å². The lowest BCUT2D eigenvalue weighted by Crippen LogP contribution is -2.03. The Morgan fingerprint density at radius 2 is 2.00 bits per heavy atom. The normalized spacial score (nSPS) is 20.1. The molecule has 1 aromatic carbocycles. The lowest BCUT2D eigenvalue weighted by molar-refractivity contribution is 0.492. The van der Waals surface area contributed by atoms with Crippen LogP contribution < -0.4 is 0 Å². The summed E-state index contributed by atoms with van der Waals surface area (Å²) in [6, 6.07) is 10.5. The van der Waals surface area contributed by atoms with Crippen molar-refractivity contribution < 1.29 is 0 Å². The van der Waals surface area contributed by atoms with Crippen molar-refractivity contribution in [2.75, 3.05) is 0 Å². The maximum Gasteiger partial charge on any atom is -0.0230 e. The molecule has 1 atom stereocenters. The number of hydrogen-bond donors (Lipinski definition) is 0. The van der Waals surface area contributed by atoms with Crippen LogP contribution >= 0.6 is 0 Å². The summed E-state index contributed by atoms with van der Waals surface area (Å²) in [6.45, 7) is 4.19. The monoisotopic (exact) mass is 198 g/mol. The van der Waals surface area contributed by atoms with Gasteiger partial charge in [0.25, 0.3) is 0 Å². The van der Waals surface area contributed by atoms with Gasteiger partial charge in [-0.1, -0.05) is 49.1 Å². The molecule has 1 aromatic rings. The average Bonchev–Trinajstić information content (AvgIpc) is 2.31. The van der Waals surface area contributed by atoms with E-state index in [1.54, 1.807) is 0 Å². The Labute approximate surface area is 92.3 Å². The molecule has 1 aliphatic carbocycles. The summed E-state index contributed by atoms with van der Waals surface area (Å²) in [5.41, 5.74) is 2.59. The highest BCUT2D eigenvalue weighted by molar-refractivity contribution is 5.63. The minimum absolute atomic E-state index is 0.808. The molecule has 0 nitrogen and oxygen atoms in total. The number of hydrogen-bond acceptors (Lipinski definition) is 0. The van der Waals surface area contributed by atoms with Gasteiger partial charge in [-0.3, -0.25) is 0 Å². The zero-order valence-electron chi connectivity index (χ0n) is 9.15. The van der Waals surface area contributed by atoms with Crippen molar-refractivity contribution in [3.8, 4) is 0 Å². The molecule has 1 aliphatic rings. The van der Waals surface area contributed by atoms with Crippen LogP contribution in [0.4, 0.5) is 0 Å². The molecule has 0 saturated heterocycles. The predicted molar refractivity (Wildman–Crippen MR) is 66.6 cm³/mol. The van der Waals surface area contributed by atoms with Gasteiger partial charge < -0.3 is 0 Å². The van der Waals surface area contributed by atoms with Crippen LogP contribution in [0.2, 0.25) is 0 Å². The Balaban J connectivity index is 1.95. The number of benzene rings is 1. The van der Waals surface area contributed by atoms with E-state index < -0.39 is 0 Å². The van der Waals surface area contributed by atoms with Gasteiger partial charge in [0.05, 0.1) is 0 Å². The molecule has 0 fully saturated rings. The largest absolute Gasteiger partial charge is 0.0952 e. The van der Waals surface area contributed by atoms with E-state index >= 15 is 0 Å². The van der Waals surface area contributed by atoms with Crippen LogP contribution in [-0.4, -0.2) is 0 Å². The first-order valence-electron chi connectivity index (χ1n) is 5.74. The summed E-state index contributed by atoms with van der Waals surface area (Å²) in [5.74, 6) is 0.808. The van der Waals surface area contributed by atoms with Gasteiger partial charge in [-0.15, -0.1) is 0 Å². The first-order chi connectivity index (χ1) is 7.36. The van der Waals surface area contributed by atoms with E-state index in [2.05, 4.69) is 49.1 Å². The molecule has 0 heterocycles. The van der Waals surface area contributed by atoms with Crippen LogP contribution in [0.1, 0.15) is 31.2 Å². The van der Waals surface area contributed by atoms with Crippen molar-refractivity contribution in [2.45, 2.75) is 25.7 Å². The molecular weight excluding hydrogens is 180 g/mol. The Morgan fingerprint density at radius 3 is 2.67 bits per heavy atom. The van der Waals surface area contributed by atoms with Crippen molar-refractivity contribution in [3.63, 3.8) is 0 Å². The second-order valence-electron chi connectivity index (χ2n) is 4.32. The third-order valence-electron chi connectivity index (χ3n) is 3.09. The lowest BCUT2D eigenvalue weighted by atomic mass is 9.87. The molecule has 0 N–H and O–H groups in total. The van der Waals surface area contributed by atoms with Gasteiger partial charge in [0.1, 0.15) is 0 Å². The second-order valence-corrected chi connectivity index (χ2v) is 4.32. The van der Waals surface area contributed by atoms with Crippen molar-refractivity contribution in [1.82, 2.24) is 0 Å². The molecular formula is C15H18. The van der Waals surface area contributed by atoms with E-state index in [1.165, 1.54) is 30.4 Å².